The Morgan fingerprint density at radius 2 is 1.72 bits per heavy atom. The highest BCUT2D eigenvalue weighted by Crippen LogP contribution is 2.31. The highest BCUT2D eigenvalue weighted by Gasteiger charge is 2.19. The molecule has 0 heterocycles. The highest BCUT2D eigenvalue weighted by atomic mass is 16.5. The van der Waals surface area contributed by atoms with Crippen LogP contribution >= 0.6 is 0 Å². The fourth-order valence-electron chi connectivity index (χ4n) is 3.14. The minimum absolute atomic E-state index is 0.296. The second kappa shape index (κ2) is 9.45. The summed E-state index contributed by atoms with van der Waals surface area (Å²) in [7, 11) is 1.59. The fourth-order valence-corrected chi connectivity index (χ4v) is 3.14. The van der Waals surface area contributed by atoms with Gasteiger partial charge in [-0.3, -0.25) is 0 Å². The molecule has 0 N–H and O–H groups in total. The molecule has 0 spiro atoms. The number of carbonyl (C=O) groups excluding carboxylic acids is 1. The molecule has 2 aromatic rings. The van der Waals surface area contributed by atoms with Crippen molar-refractivity contribution in [2.24, 2.45) is 5.92 Å². The Hall–Kier alpha value is -2.03. The van der Waals surface area contributed by atoms with Crippen LogP contribution in [0.2, 0.25) is 0 Å². The van der Waals surface area contributed by atoms with Gasteiger partial charge in [0, 0.05) is 5.39 Å². The Labute approximate surface area is 151 Å². The van der Waals surface area contributed by atoms with Crippen LogP contribution in [0.15, 0.2) is 30.3 Å². The summed E-state index contributed by atoms with van der Waals surface area (Å²) in [6, 6.07) is 9.80. The molecule has 0 aromatic heterocycles. The van der Waals surface area contributed by atoms with Crippen LogP contribution < -0.4 is 4.74 Å². The van der Waals surface area contributed by atoms with Crippen molar-refractivity contribution >= 4 is 16.7 Å². The Kier molecular flexibility index (Phi) is 7.30. The number of hydrogen-bond acceptors (Lipinski definition) is 3. The third-order valence-corrected chi connectivity index (χ3v) is 4.55. The molecular formula is C22H30O3. The zero-order chi connectivity index (χ0) is 18.2. The van der Waals surface area contributed by atoms with Gasteiger partial charge in [0.05, 0.1) is 13.7 Å². The van der Waals surface area contributed by atoms with Gasteiger partial charge in [0.15, 0.2) is 0 Å². The lowest BCUT2D eigenvalue weighted by Crippen LogP contribution is -2.09. The van der Waals surface area contributed by atoms with E-state index < -0.39 is 0 Å². The number of fused-ring (bicyclic) bond motifs is 1. The van der Waals surface area contributed by atoms with Gasteiger partial charge in [-0.1, -0.05) is 63.8 Å². The topological polar surface area (TPSA) is 35.5 Å². The lowest BCUT2D eigenvalue weighted by atomic mass is 9.99. The van der Waals surface area contributed by atoms with E-state index in [1.807, 2.05) is 37.3 Å². The Morgan fingerprint density at radius 1 is 1.04 bits per heavy atom. The second-order valence-corrected chi connectivity index (χ2v) is 7.05. The first-order valence-electron chi connectivity index (χ1n) is 9.28. The van der Waals surface area contributed by atoms with Gasteiger partial charge in [-0.25, -0.2) is 4.79 Å². The van der Waals surface area contributed by atoms with Crippen molar-refractivity contribution < 1.29 is 14.3 Å². The van der Waals surface area contributed by atoms with Crippen LogP contribution in [-0.4, -0.2) is 19.7 Å². The largest absolute Gasteiger partial charge is 0.496 e. The lowest BCUT2D eigenvalue weighted by Gasteiger charge is -2.14. The van der Waals surface area contributed by atoms with E-state index in [9.17, 15) is 4.79 Å². The van der Waals surface area contributed by atoms with Crippen LogP contribution in [0.25, 0.3) is 10.8 Å². The molecule has 136 valence electrons. The van der Waals surface area contributed by atoms with Gasteiger partial charge < -0.3 is 9.47 Å². The molecule has 0 saturated heterocycles. The molecule has 0 radical (unpaired) electrons. The molecular weight excluding hydrogens is 312 g/mol. The second-order valence-electron chi connectivity index (χ2n) is 7.05. The number of rotatable bonds is 9. The van der Waals surface area contributed by atoms with Crippen molar-refractivity contribution in [2.75, 3.05) is 13.7 Å². The van der Waals surface area contributed by atoms with Gasteiger partial charge in [0.2, 0.25) is 0 Å². The molecule has 3 heteroatoms. The maximum atomic E-state index is 12.6. The zero-order valence-electron chi connectivity index (χ0n) is 15.9. The van der Waals surface area contributed by atoms with Crippen LogP contribution in [0.3, 0.4) is 0 Å². The maximum absolute atomic E-state index is 12.6. The van der Waals surface area contributed by atoms with E-state index in [-0.39, 0.29) is 5.97 Å². The summed E-state index contributed by atoms with van der Waals surface area (Å²) >= 11 is 0. The summed E-state index contributed by atoms with van der Waals surface area (Å²) in [5.41, 5.74) is 1.62. The molecule has 0 fully saturated rings. The van der Waals surface area contributed by atoms with E-state index in [0.29, 0.717) is 17.9 Å². The van der Waals surface area contributed by atoms with Crippen molar-refractivity contribution in [3.05, 3.63) is 41.5 Å². The van der Waals surface area contributed by atoms with Crippen molar-refractivity contribution in [2.45, 2.75) is 52.9 Å². The number of unbranched alkanes of at least 4 members (excludes halogenated alkanes) is 3. The molecule has 2 aromatic carbocycles. The van der Waals surface area contributed by atoms with Gasteiger partial charge in [0.25, 0.3) is 0 Å². The number of ether oxygens (including phenoxy) is 2. The first-order chi connectivity index (χ1) is 12.0. The minimum atomic E-state index is -0.296. The molecule has 0 amide bonds. The number of methoxy groups -OCH3 is 1. The predicted molar refractivity (Wildman–Crippen MR) is 103 cm³/mol. The summed E-state index contributed by atoms with van der Waals surface area (Å²) in [6.07, 6.45) is 5.74. The average Bonchev–Trinajstić information content (AvgIpc) is 2.60. The van der Waals surface area contributed by atoms with Gasteiger partial charge in [-0.2, -0.15) is 0 Å². The SMILES string of the molecule is COc1cc(C)c2ccccc2c1C(=O)OCCCCCCC(C)C. The molecule has 0 atom stereocenters. The lowest BCUT2D eigenvalue weighted by molar-refractivity contribution is 0.0496. The minimum Gasteiger partial charge on any atom is -0.496 e. The summed E-state index contributed by atoms with van der Waals surface area (Å²) in [6.45, 7) is 6.99. The van der Waals surface area contributed by atoms with Crippen LogP contribution in [0.5, 0.6) is 5.75 Å². The summed E-state index contributed by atoms with van der Waals surface area (Å²) < 4.78 is 11.0. The fraction of sp³-hybridized carbons (Fsp3) is 0.500. The summed E-state index contributed by atoms with van der Waals surface area (Å²) in [5.74, 6) is 1.05. The molecule has 0 unspecified atom stereocenters. The van der Waals surface area contributed by atoms with E-state index >= 15 is 0 Å². The van der Waals surface area contributed by atoms with E-state index in [0.717, 1.165) is 35.1 Å². The zero-order valence-corrected chi connectivity index (χ0v) is 15.9. The van der Waals surface area contributed by atoms with Crippen LogP contribution in [0.1, 0.15) is 61.9 Å². The standard InChI is InChI=1S/C22H30O3/c1-16(2)11-7-5-6-10-14-25-22(23)21-19-13-9-8-12-18(19)17(3)15-20(21)24-4/h8-9,12-13,15-16H,5-7,10-11,14H2,1-4H3. The summed E-state index contributed by atoms with van der Waals surface area (Å²) in [4.78, 5) is 12.6. The monoisotopic (exact) mass is 342 g/mol. The van der Waals surface area contributed by atoms with Gasteiger partial charge in [-0.15, -0.1) is 0 Å². The first-order valence-corrected chi connectivity index (χ1v) is 9.28. The molecule has 3 nitrogen and oxygen atoms in total. The van der Waals surface area contributed by atoms with Gasteiger partial charge in [0.1, 0.15) is 11.3 Å². The van der Waals surface area contributed by atoms with Crippen LogP contribution in [0.4, 0.5) is 0 Å². The van der Waals surface area contributed by atoms with Gasteiger partial charge in [-0.05, 0) is 36.3 Å². The third kappa shape index (κ3) is 5.22. The van der Waals surface area contributed by atoms with Crippen molar-refractivity contribution in [3.63, 3.8) is 0 Å². The number of aryl methyl sites for hydroxylation is 1. The van der Waals surface area contributed by atoms with Crippen molar-refractivity contribution in [1.82, 2.24) is 0 Å². The van der Waals surface area contributed by atoms with E-state index in [4.69, 9.17) is 9.47 Å². The number of benzene rings is 2. The quantitative estimate of drug-likeness (QED) is 0.419. The van der Waals surface area contributed by atoms with Crippen molar-refractivity contribution in [1.29, 1.82) is 0 Å². The molecule has 0 bridgehead atoms. The molecule has 0 aliphatic carbocycles. The molecule has 0 aliphatic rings. The van der Waals surface area contributed by atoms with Crippen LogP contribution in [0, 0.1) is 12.8 Å². The third-order valence-electron chi connectivity index (χ3n) is 4.55. The maximum Gasteiger partial charge on any atom is 0.342 e. The normalized spacial score (nSPS) is 11.1. The molecule has 0 saturated carbocycles. The summed E-state index contributed by atoms with van der Waals surface area (Å²) in [5, 5.41) is 1.95. The van der Waals surface area contributed by atoms with Crippen LogP contribution in [-0.2, 0) is 4.74 Å². The van der Waals surface area contributed by atoms with E-state index in [1.165, 1.54) is 19.3 Å². The first kappa shape index (κ1) is 19.3. The predicted octanol–water partition coefficient (Wildman–Crippen LogP) is 5.92. The smallest absolute Gasteiger partial charge is 0.342 e. The number of esters is 1. The van der Waals surface area contributed by atoms with E-state index in [1.54, 1.807) is 7.11 Å². The molecule has 2 rings (SSSR count). The highest BCUT2D eigenvalue weighted by molar-refractivity contribution is 6.08. The average molecular weight is 342 g/mol. The van der Waals surface area contributed by atoms with Gasteiger partial charge >= 0.3 is 5.97 Å². The van der Waals surface area contributed by atoms with Crippen molar-refractivity contribution in [3.8, 4) is 5.75 Å². The number of hydrogen-bond donors (Lipinski definition) is 0. The molecule has 0 aliphatic heterocycles. The molecule has 25 heavy (non-hydrogen) atoms. The number of carbonyl (C=O) groups is 1. The van der Waals surface area contributed by atoms with E-state index in [2.05, 4.69) is 13.8 Å². The Balaban J connectivity index is 1.98. The Bertz CT molecular complexity index is 704. The Morgan fingerprint density at radius 3 is 2.40 bits per heavy atom.